The highest BCUT2D eigenvalue weighted by Gasteiger charge is 2.30. The van der Waals surface area contributed by atoms with Gasteiger partial charge in [0.25, 0.3) is 0 Å². The molecule has 0 spiro atoms. The highest BCUT2D eigenvalue weighted by atomic mass is 79.9. The largest absolute Gasteiger partial charge is 0.295 e. The van der Waals surface area contributed by atoms with Gasteiger partial charge in [0.05, 0.1) is 4.47 Å². The van der Waals surface area contributed by atoms with Crippen LogP contribution < -0.4 is 4.90 Å². The van der Waals surface area contributed by atoms with Gasteiger partial charge in [-0.3, -0.25) is 9.69 Å². The molecule has 15 heavy (non-hydrogen) atoms. The number of hydrogen-bond donors (Lipinski definition) is 1. The standard InChI is InChI=1S/C10H11BrN2OS/c1-6-2-3-12-10(9(6)11)13-5-7(15)4-8(13)14/h2-3,7,15H,4-5H2,1H3. The predicted molar refractivity (Wildman–Crippen MR) is 66.4 cm³/mol. The van der Waals surface area contributed by atoms with Crippen LogP contribution >= 0.6 is 28.6 Å². The fourth-order valence-corrected chi connectivity index (χ4v) is 2.38. The van der Waals surface area contributed by atoms with Crippen LogP contribution in [-0.2, 0) is 4.79 Å². The molecule has 1 amide bonds. The van der Waals surface area contributed by atoms with Crippen molar-refractivity contribution in [3.8, 4) is 0 Å². The summed E-state index contributed by atoms with van der Waals surface area (Å²) in [4.78, 5) is 17.6. The van der Waals surface area contributed by atoms with E-state index in [1.165, 1.54) is 0 Å². The van der Waals surface area contributed by atoms with Gasteiger partial charge >= 0.3 is 0 Å². The van der Waals surface area contributed by atoms with Crippen LogP contribution in [0, 0.1) is 6.92 Å². The van der Waals surface area contributed by atoms with Crippen LogP contribution in [0.25, 0.3) is 0 Å². The van der Waals surface area contributed by atoms with E-state index in [4.69, 9.17) is 0 Å². The molecule has 0 radical (unpaired) electrons. The van der Waals surface area contributed by atoms with Crippen molar-refractivity contribution in [2.45, 2.75) is 18.6 Å². The minimum Gasteiger partial charge on any atom is -0.295 e. The average molecular weight is 287 g/mol. The molecule has 0 saturated carbocycles. The second-order valence-corrected chi connectivity index (χ2v) is 5.15. The molecule has 1 unspecified atom stereocenters. The van der Waals surface area contributed by atoms with Crippen molar-refractivity contribution in [2.75, 3.05) is 11.4 Å². The van der Waals surface area contributed by atoms with E-state index in [9.17, 15) is 4.79 Å². The summed E-state index contributed by atoms with van der Waals surface area (Å²) in [6.07, 6.45) is 2.21. The zero-order valence-corrected chi connectivity index (χ0v) is 10.8. The lowest BCUT2D eigenvalue weighted by Crippen LogP contribution is -2.26. The molecule has 1 fully saturated rings. The van der Waals surface area contributed by atoms with Gasteiger partial charge in [-0.25, -0.2) is 4.98 Å². The molecule has 1 aliphatic heterocycles. The molecule has 0 aliphatic carbocycles. The number of halogens is 1. The fourth-order valence-electron chi connectivity index (χ4n) is 1.61. The molecular weight excluding hydrogens is 276 g/mol. The monoisotopic (exact) mass is 286 g/mol. The summed E-state index contributed by atoms with van der Waals surface area (Å²) >= 11 is 7.77. The summed E-state index contributed by atoms with van der Waals surface area (Å²) < 4.78 is 0.890. The average Bonchev–Trinajstić information content (AvgIpc) is 2.50. The third-order valence-electron chi connectivity index (χ3n) is 2.42. The van der Waals surface area contributed by atoms with Crippen molar-refractivity contribution < 1.29 is 4.79 Å². The molecule has 1 saturated heterocycles. The molecule has 0 bridgehead atoms. The van der Waals surface area contributed by atoms with Gasteiger partial charge in [0, 0.05) is 24.4 Å². The first-order chi connectivity index (χ1) is 7.09. The van der Waals surface area contributed by atoms with E-state index < -0.39 is 0 Å². The Kier molecular flexibility index (Phi) is 3.02. The van der Waals surface area contributed by atoms with Crippen molar-refractivity contribution in [1.29, 1.82) is 0 Å². The van der Waals surface area contributed by atoms with E-state index in [1.54, 1.807) is 11.1 Å². The molecule has 1 atom stereocenters. The van der Waals surface area contributed by atoms with Crippen LogP contribution in [-0.4, -0.2) is 22.7 Å². The Hall–Kier alpha value is -0.550. The van der Waals surface area contributed by atoms with Crippen LogP contribution in [0.15, 0.2) is 16.7 Å². The second kappa shape index (κ2) is 4.14. The van der Waals surface area contributed by atoms with E-state index in [0.717, 1.165) is 10.0 Å². The lowest BCUT2D eigenvalue weighted by atomic mass is 10.3. The van der Waals surface area contributed by atoms with Crippen LogP contribution in [0.3, 0.4) is 0 Å². The Morgan fingerprint density at radius 2 is 2.40 bits per heavy atom. The first-order valence-electron chi connectivity index (χ1n) is 4.69. The van der Waals surface area contributed by atoms with Crippen molar-refractivity contribution in [3.63, 3.8) is 0 Å². The predicted octanol–water partition coefficient (Wildman–Crippen LogP) is 2.19. The zero-order valence-electron chi connectivity index (χ0n) is 8.27. The molecule has 1 aromatic rings. The van der Waals surface area contributed by atoms with Gasteiger partial charge in [0.1, 0.15) is 5.82 Å². The fraction of sp³-hybridized carbons (Fsp3) is 0.400. The summed E-state index contributed by atoms with van der Waals surface area (Å²) in [5, 5.41) is 0.117. The maximum Gasteiger partial charge on any atom is 0.229 e. The van der Waals surface area contributed by atoms with Crippen molar-refractivity contribution in [1.82, 2.24) is 4.98 Å². The molecule has 2 rings (SSSR count). The van der Waals surface area contributed by atoms with Crippen LogP contribution in [0.2, 0.25) is 0 Å². The molecule has 2 heterocycles. The third kappa shape index (κ3) is 2.03. The number of aryl methyl sites for hydroxylation is 1. The van der Waals surface area contributed by atoms with E-state index in [-0.39, 0.29) is 11.2 Å². The van der Waals surface area contributed by atoms with Crippen molar-refractivity contribution in [2.24, 2.45) is 0 Å². The summed E-state index contributed by atoms with van der Waals surface area (Å²) in [5.74, 6) is 0.797. The number of carbonyl (C=O) groups excluding carboxylic acids is 1. The highest BCUT2D eigenvalue weighted by Crippen LogP contribution is 2.30. The molecule has 80 valence electrons. The number of carbonyl (C=O) groups is 1. The number of rotatable bonds is 1. The smallest absolute Gasteiger partial charge is 0.229 e. The molecular formula is C10H11BrN2OS. The molecule has 1 aromatic heterocycles. The quantitative estimate of drug-likeness (QED) is 0.803. The Balaban J connectivity index is 2.38. The zero-order chi connectivity index (χ0) is 11.0. The van der Waals surface area contributed by atoms with Crippen molar-refractivity contribution in [3.05, 3.63) is 22.3 Å². The van der Waals surface area contributed by atoms with E-state index >= 15 is 0 Å². The van der Waals surface area contributed by atoms with Gasteiger partial charge in [-0.15, -0.1) is 0 Å². The molecule has 5 heteroatoms. The number of nitrogens with zero attached hydrogens (tertiary/aromatic N) is 2. The van der Waals surface area contributed by atoms with Crippen molar-refractivity contribution >= 4 is 40.3 Å². The maximum atomic E-state index is 11.7. The van der Waals surface area contributed by atoms with Gasteiger partial charge in [-0.1, -0.05) is 0 Å². The number of anilines is 1. The Morgan fingerprint density at radius 3 is 3.00 bits per heavy atom. The van der Waals surface area contributed by atoms with E-state index in [1.807, 2.05) is 13.0 Å². The maximum absolute atomic E-state index is 11.7. The summed E-state index contributed by atoms with van der Waals surface area (Å²) in [5.41, 5.74) is 1.08. The Morgan fingerprint density at radius 1 is 1.67 bits per heavy atom. The first kappa shape index (κ1) is 11.0. The molecule has 0 aromatic carbocycles. The topological polar surface area (TPSA) is 33.2 Å². The lowest BCUT2D eigenvalue weighted by Gasteiger charge is -2.17. The SMILES string of the molecule is Cc1ccnc(N2CC(S)CC2=O)c1Br. The summed E-state index contributed by atoms with van der Waals surface area (Å²) in [6, 6.07) is 1.91. The van der Waals surface area contributed by atoms with E-state index in [2.05, 4.69) is 33.5 Å². The van der Waals surface area contributed by atoms with Gasteiger partial charge in [-0.05, 0) is 34.5 Å². The number of aromatic nitrogens is 1. The first-order valence-corrected chi connectivity index (χ1v) is 6.00. The van der Waals surface area contributed by atoms with E-state index in [0.29, 0.717) is 18.8 Å². The van der Waals surface area contributed by atoms with Crippen LogP contribution in [0.1, 0.15) is 12.0 Å². The number of pyridine rings is 1. The minimum atomic E-state index is 0.0915. The minimum absolute atomic E-state index is 0.0915. The molecule has 3 nitrogen and oxygen atoms in total. The van der Waals surface area contributed by atoms with Gasteiger partial charge in [0.15, 0.2) is 0 Å². The third-order valence-corrected chi connectivity index (χ3v) is 3.75. The van der Waals surface area contributed by atoms with Crippen LogP contribution in [0.4, 0.5) is 5.82 Å². The number of hydrogen-bond acceptors (Lipinski definition) is 3. The normalized spacial score (nSPS) is 21.1. The molecule has 0 N–H and O–H groups in total. The van der Waals surface area contributed by atoms with Gasteiger partial charge in [0.2, 0.25) is 5.91 Å². The lowest BCUT2D eigenvalue weighted by molar-refractivity contribution is -0.117. The summed E-state index contributed by atoms with van der Waals surface area (Å²) in [6.45, 7) is 2.62. The van der Waals surface area contributed by atoms with Gasteiger partial charge in [-0.2, -0.15) is 12.6 Å². The molecule has 1 aliphatic rings. The second-order valence-electron chi connectivity index (χ2n) is 3.63. The Bertz CT molecular complexity index is 410. The highest BCUT2D eigenvalue weighted by molar-refractivity contribution is 9.10. The van der Waals surface area contributed by atoms with Gasteiger partial charge < -0.3 is 0 Å². The summed E-state index contributed by atoms with van der Waals surface area (Å²) in [7, 11) is 0. The Labute approximate surface area is 102 Å². The number of thiol groups is 1. The van der Waals surface area contributed by atoms with Crippen LogP contribution in [0.5, 0.6) is 0 Å². The number of amides is 1.